The second kappa shape index (κ2) is 6.18. The Labute approximate surface area is 99.9 Å². The maximum Gasteiger partial charge on any atom is 0.187 e. The number of aliphatic hydroxyl groups excluding tert-OH is 1. The molecule has 0 bridgehead atoms. The Hall–Kier alpha value is -0.650. The van der Waals surface area contributed by atoms with Crippen molar-refractivity contribution in [1.29, 1.82) is 0 Å². The highest BCUT2D eigenvalue weighted by Gasteiger charge is 2.23. The minimum absolute atomic E-state index is 0.215. The average molecular weight is 239 g/mol. The molecule has 0 aromatic carbocycles. The number of hydrogen-bond donors (Lipinski definition) is 2. The Morgan fingerprint density at radius 1 is 1.44 bits per heavy atom. The van der Waals surface area contributed by atoms with E-state index in [0.717, 1.165) is 17.3 Å². The Bertz CT molecular complexity index is 305. The lowest BCUT2D eigenvalue weighted by molar-refractivity contribution is 0.238. The molecule has 2 rings (SSSR count). The van der Waals surface area contributed by atoms with Gasteiger partial charge in [0.15, 0.2) is 5.16 Å². The topological polar surface area (TPSA) is 58.0 Å². The van der Waals surface area contributed by atoms with Crippen LogP contribution < -0.4 is 5.32 Å². The fraction of sp³-hybridized carbons (Fsp3) is 0.636. The van der Waals surface area contributed by atoms with Gasteiger partial charge in [-0.25, -0.2) is 9.97 Å². The summed E-state index contributed by atoms with van der Waals surface area (Å²) in [5.41, 5.74) is 0. The molecular formula is C11H17N3OS. The van der Waals surface area contributed by atoms with Crippen LogP contribution >= 0.6 is 11.8 Å². The molecule has 1 atom stereocenters. The molecule has 0 radical (unpaired) electrons. The zero-order valence-corrected chi connectivity index (χ0v) is 9.99. The Morgan fingerprint density at radius 2 is 2.19 bits per heavy atom. The smallest absolute Gasteiger partial charge is 0.187 e. The quantitative estimate of drug-likeness (QED) is 0.550. The number of hydrogen-bond acceptors (Lipinski definition) is 5. The molecule has 1 aromatic rings. The standard InChI is InChI=1S/C11H17N3OS/c15-8-10(14-9-2-3-9)4-7-16-11-12-5-1-6-13-11/h1,5-6,9-10,14-15H,2-4,7-8H2. The van der Waals surface area contributed by atoms with Gasteiger partial charge >= 0.3 is 0 Å². The van der Waals surface area contributed by atoms with Crippen LogP contribution in [0.1, 0.15) is 19.3 Å². The lowest BCUT2D eigenvalue weighted by Crippen LogP contribution is -2.34. The maximum atomic E-state index is 9.20. The fourth-order valence-corrected chi connectivity index (χ4v) is 2.32. The first-order valence-electron chi connectivity index (χ1n) is 5.65. The maximum absolute atomic E-state index is 9.20. The molecule has 1 saturated carbocycles. The highest BCUT2D eigenvalue weighted by molar-refractivity contribution is 7.99. The van der Waals surface area contributed by atoms with Crippen LogP contribution in [0.2, 0.25) is 0 Å². The first-order chi connectivity index (χ1) is 7.88. The van der Waals surface area contributed by atoms with E-state index >= 15 is 0 Å². The van der Waals surface area contributed by atoms with Crippen LogP contribution in [0.3, 0.4) is 0 Å². The third-order valence-corrected chi connectivity index (χ3v) is 3.42. The molecule has 1 fully saturated rings. The summed E-state index contributed by atoms with van der Waals surface area (Å²) in [5, 5.41) is 13.4. The van der Waals surface area contributed by atoms with Gasteiger partial charge in [0, 0.05) is 30.2 Å². The molecular weight excluding hydrogens is 222 g/mol. The van der Waals surface area contributed by atoms with Crippen LogP contribution in [0.5, 0.6) is 0 Å². The fourth-order valence-electron chi connectivity index (χ4n) is 1.46. The molecule has 1 aromatic heterocycles. The molecule has 5 heteroatoms. The van der Waals surface area contributed by atoms with E-state index in [1.165, 1.54) is 12.8 Å². The number of aromatic nitrogens is 2. The van der Waals surface area contributed by atoms with E-state index in [9.17, 15) is 5.11 Å². The average Bonchev–Trinajstić information content (AvgIpc) is 3.13. The van der Waals surface area contributed by atoms with Crippen molar-refractivity contribution >= 4 is 11.8 Å². The van der Waals surface area contributed by atoms with Crippen molar-refractivity contribution in [2.24, 2.45) is 0 Å². The van der Waals surface area contributed by atoms with E-state index in [0.29, 0.717) is 6.04 Å². The second-order valence-electron chi connectivity index (χ2n) is 3.99. The van der Waals surface area contributed by atoms with Gasteiger partial charge in [0.25, 0.3) is 0 Å². The van der Waals surface area contributed by atoms with E-state index in [2.05, 4.69) is 15.3 Å². The first-order valence-corrected chi connectivity index (χ1v) is 6.64. The lowest BCUT2D eigenvalue weighted by atomic mass is 10.2. The Morgan fingerprint density at radius 3 is 2.81 bits per heavy atom. The summed E-state index contributed by atoms with van der Waals surface area (Å²) in [5.74, 6) is 0.939. The third-order valence-electron chi connectivity index (χ3n) is 2.51. The summed E-state index contributed by atoms with van der Waals surface area (Å²) in [7, 11) is 0. The summed E-state index contributed by atoms with van der Waals surface area (Å²) in [6, 6.07) is 2.69. The summed E-state index contributed by atoms with van der Waals surface area (Å²) in [6.07, 6.45) is 6.97. The van der Waals surface area contributed by atoms with Gasteiger partial charge in [-0.05, 0) is 25.3 Å². The van der Waals surface area contributed by atoms with Gasteiger partial charge in [0.1, 0.15) is 0 Å². The normalized spacial score (nSPS) is 17.3. The van der Waals surface area contributed by atoms with Crippen LogP contribution in [0.25, 0.3) is 0 Å². The van der Waals surface area contributed by atoms with Crippen molar-refractivity contribution in [2.45, 2.75) is 36.5 Å². The molecule has 0 saturated heterocycles. The van der Waals surface area contributed by atoms with Crippen molar-refractivity contribution in [2.75, 3.05) is 12.4 Å². The molecule has 0 aliphatic heterocycles. The predicted octanol–water partition coefficient (Wildman–Crippen LogP) is 1.07. The third kappa shape index (κ3) is 4.08. The summed E-state index contributed by atoms with van der Waals surface area (Å²) in [6.45, 7) is 0.215. The van der Waals surface area contributed by atoms with E-state index in [4.69, 9.17) is 0 Å². The lowest BCUT2D eigenvalue weighted by Gasteiger charge is -2.14. The van der Waals surface area contributed by atoms with Gasteiger partial charge in [-0.15, -0.1) is 0 Å². The monoisotopic (exact) mass is 239 g/mol. The summed E-state index contributed by atoms with van der Waals surface area (Å²) < 4.78 is 0. The minimum atomic E-state index is 0.215. The SMILES string of the molecule is OCC(CCSc1ncccn1)NC1CC1. The molecule has 0 spiro atoms. The Kier molecular flexibility index (Phi) is 4.56. The molecule has 1 unspecified atom stereocenters. The molecule has 16 heavy (non-hydrogen) atoms. The zero-order valence-electron chi connectivity index (χ0n) is 9.17. The van der Waals surface area contributed by atoms with Gasteiger partial charge in [-0.1, -0.05) is 11.8 Å². The van der Waals surface area contributed by atoms with Gasteiger partial charge < -0.3 is 10.4 Å². The molecule has 0 amide bonds. The largest absolute Gasteiger partial charge is 0.395 e. The molecule has 4 nitrogen and oxygen atoms in total. The van der Waals surface area contributed by atoms with E-state index in [1.807, 2.05) is 6.07 Å². The zero-order chi connectivity index (χ0) is 11.2. The van der Waals surface area contributed by atoms with Crippen LogP contribution in [0.15, 0.2) is 23.6 Å². The number of nitrogens with zero attached hydrogens (tertiary/aromatic N) is 2. The molecule has 1 aliphatic carbocycles. The number of nitrogens with one attached hydrogen (secondary N) is 1. The minimum Gasteiger partial charge on any atom is -0.395 e. The number of rotatable bonds is 7. The predicted molar refractivity (Wildman–Crippen MR) is 64.4 cm³/mol. The van der Waals surface area contributed by atoms with E-state index in [1.54, 1.807) is 24.2 Å². The first kappa shape index (κ1) is 11.8. The molecule has 88 valence electrons. The van der Waals surface area contributed by atoms with Crippen molar-refractivity contribution in [1.82, 2.24) is 15.3 Å². The van der Waals surface area contributed by atoms with E-state index in [-0.39, 0.29) is 12.6 Å². The van der Waals surface area contributed by atoms with Crippen molar-refractivity contribution in [3.63, 3.8) is 0 Å². The summed E-state index contributed by atoms with van der Waals surface area (Å²) >= 11 is 1.64. The van der Waals surface area contributed by atoms with E-state index < -0.39 is 0 Å². The van der Waals surface area contributed by atoms with Gasteiger partial charge in [-0.2, -0.15) is 0 Å². The van der Waals surface area contributed by atoms with Gasteiger partial charge in [-0.3, -0.25) is 0 Å². The van der Waals surface area contributed by atoms with Gasteiger partial charge in [0.05, 0.1) is 6.61 Å². The molecule has 2 N–H and O–H groups in total. The van der Waals surface area contributed by atoms with Crippen LogP contribution in [0, 0.1) is 0 Å². The van der Waals surface area contributed by atoms with Crippen LogP contribution in [-0.4, -0.2) is 39.5 Å². The summed E-state index contributed by atoms with van der Waals surface area (Å²) in [4.78, 5) is 8.29. The van der Waals surface area contributed by atoms with Gasteiger partial charge in [0.2, 0.25) is 0 Å². The highest BCUT2D eigenvalue weighted by atomic mass is 32.2. The molecule has 1 heterocycles. The van der Waals surface area contributed by atoms with Crippen molar-refractivity contribution < 1.29 is 5.11 Å². The van der Waals surface area contributed by atoms with Crippen molar-refractivity contribution in [3.8, 4) is 0 Å². The number of thioether (sulfide) groups is 1. The number of aliphatic hydroxyl groups is 1. The van der Waals surface area contributed by atoms with Crippen LogP contribution in [0.4, 0.5) is 0 Å². The molecule has 1 aliphatic rings. The second-order valence-corrected chi connectivity index (χ2v) is 5.05. The van der Waals surface area contributed by atoms with Crippen LogP contribution in [-0.2, 0) is 0 Å². The highest BCUT2D eigenvalue weighted by Crippen LogP contribution is 2.21. The van der Waals surface area contributed by atoms with Crippen molar-refractivity contribution in [3.05, 3.63) is 18.5 Å². The Balaban J connectivity index is 1.65.